The molecule has 5 nitrogen and oxygen atoms in total. The Kier molecular flexibility index (Phi) is 5.69. The van der Waals surface area contributed by atoms with Crippen LogP contribution in [0.1, 0.15) is 16.7 Å². The molecule has 0 radical (unpaired) electrons. The van der Waals surface area contributed by atoms with E-state index in [1.54, 1.807) is 18.0 Å². The second kappa shape index (κ2) is 8.34. The van der Waals surface area contributed by atoms with Crippen LogP contribution in [0.5, 0.6) is 5.75 Å². The van der Waals surface area contributed by atoms with E-state index in [2.05, 4.69) is 16.5 Å². The van der Waals surface area contributed by atoms with Crippen molar-refractivity contribution in [3.63, 3.8) is 0 Å². The van der Waals surface area contributed by atoms with Gasteiger partial charge in [0.05, 0.1) is 25.4 Å². The summed E-state index contributed by atoms with van der Waals surface area (Å²) in [5.41, 5.74) is 4.15. The minimum Gasteiger partial charge on any atom is -0.496 e. The van der Waals surface area contributed by atoms with Crippen molar-refractivity contribution in [1.29, 1.82) is 0 Å². The predicted octanol–water partition coefficient (Wildman–Crippen LogP) is 3.09. The number of rotatable bonds is 7. The van der Waals surface area contributed by atoms with Gasteiger partial charge in [0.15, 0.2) is 0 Å². The van der Waals surface area contributed by atoms with Crippen molar-refractivity contribution in [3.05, 3.63) is 77.6 Å². The van der Waals surface area contributed by atoms with Gasteiger partial charge in [0, 0.05) is 12.7 Å². The molecular weight excluding hydrogens is 326 g/mol. The lowest BCUT2D eigenvalue weighted by Gasteiger charge is -2.10. The number of aryl methyl sites for hydroxylation is 1. The molecule has 0 bridgehead atoms. The first-order valence-corrected chi connectivity index (χ1v) is 8.65. The molecule has 2 aromatic carbocycles. The van der Waals surface area contributed by atoms with Crippen molar-refractivity contribution in [2.24, 2.45) is 0 Å². The van der Waals surface area contributed by atoms with E-state index in [1.807, 2.05) is 55.6 Å². The zero-order valence-corrected chi connectivity index (χ0v) is 15.1. The van der Waals surface area contributed by atoms with Crippen LogP contribution in [0.15, 0.2) is 60.9 Å². The maximum absolute atomic E-state index is 12.2. The average molecular weight is 349 g/mol. The number of nitrogens with one attached hydrogen (secondary N) is 1. The molecule has 1 aromatic heterocycles. The Morgan fingerprint density at radius 2 is 2.00 bits per heavy atom. The van der Waals surface area contributed by atoms with Gasteiger partial charge >= 0.3 is 0 Å². The molecule has 0 unspecified atom stereocenters. The number of carbonyl (C=O) groups excluding carboxylic acids is 1. The van der Waals surface area contributed by atoms with E-state index in [1.165, 1.54) is 5.56 Å². The number of aromatic nitrogens is 2. The third-order valence-electron chi connectivity index (χ3n) is 4.17. The molecule has 0 saturated heterocycles. The second-order valence-electron chi connectivity index (χ2n) is 6.22. The number of amides is 1. The summed E-state index contributed by atoms with van der Waals surface area (Å²) in [7, 11) is 1.66. The van der Waals surface area contributed by atoms with Gasteiger partial charge in [0.25, 0.3) is 0 Å². The number of methoxy groups -OCH3 is 1. The third kappa shape index (κ3) is 4.51. The van der Waals surface area contributed by atoms with Crippen LogP contribution < -0.4 is 10.1 Å². The number of nitrogens with zero attached hydrogens (tertiary/aromatic N) is 2. The SMILES string of the molecule is COc1ccc(C)cc1CCNC(=O)Cc1cnn(-c2ccccc2)c1. The summed E-state index contributed by atoms with van der Waals surface area (Å²) < 4.78 is 7.15. The van der Waals surface area contributed by atoms with Crippen molar-refractivity contribution in [2.45, 2.75) is 19.8 Å². The Hall–Kier alpha value is -3.08. The number of ether oxygens (including phenoxy) is 1. The molecule has 0 saturated carbocycles. The van der Waals surface area contributed by atoms with E-state index in [4.69, 9.17) is 4.74 Å². The highest BCUT2D eigenvalue weighted by atomic mass is 16.5. The van der Waals surface area contributed by atoms with Gasteiger partial charge in [-0.1, -0.05) is 35.9 Å². The lowest BCUT2D eigenvalue weighted by molar-refractivity contribution is -0.120. The van der Waals surface area contributed by atoms with Gasteiger partial charge in [-0.15, -0.1) is 0 Å². The smallest absolute Gasteiger partial charge is 0.224 e. The molecule has 0 aliphatic carbocycles. The minimum absolute atomic E-state index is 0.00997. The number of para-hydroxylation sites is 1. The lowest BCUT2D eigenvalue weighted by atomic mass is 10.1. The minimum atomic E-state index is -0.00997. The molecular formula is C21H23N3O2. The van der Waals surface area contributed by atoms with Gasteiger partial charge in [-0.3, -0.25) is 4.79 Å². The molecule has 0 aliphatic heterocycles. The standard InChI is InChI=1S/C21H23N3O2/c1-16-8-9-20(26-2)18(12-16)10-11-22-21(25)13-17-14-23-24(15-17)19-6-4-3-5-7-19/h3-9,12,14-15H,10-11,13H2,1-2H3,(H,22,25). The Morgan fingerprint density at radius 1 is 1.19 bits per heavy atom. The maximum atomic E-state index is 12.2. The monoisotopic (exact) mass is 349 g/mol. The first-order valence-electron chi connectivity index (χ1n) is 8.65. The van der Waals surface area contributed by atoms with Crippen molar-refractivity contribution in [1.82, 2.24) is 15.1 Å². The molecule has 0 spiro atoms. The van der Waals surface area contributed by atoms with Crippen LogP contribution in [0.4, 0.5) is 0 Å². The Bertz CT molecular complexity index is 872. The van der Waals surface area contributed by atoms with Crippen molar-refractivity contribution in [2.75, 3.05) is 13.7 Å². The van der Waals surface area contributed by atoms with Crippen LogP contribution in [-0.2, 0) is 17.6 Å². The van der Waals surface area contributed by atoms with Crippen LogP contribution in [-0.4, -0.2) is 29.3 Å². The lowest BCUT2D eigenvalue weighted by Crippen LogP contribution is -2.27. The summed E-state index contributed by atoms with van der Waals surface area (Å²) in [6.45, 7) is 2.62. The fourth-order valence-corrected chi connectivity index (χ4v) is 2.86. The fraction of sp³-hybridized carbons (Fsp3) is 0.238. The van der Waals surface area contributed by atoms with E-state index in [9.17, 15) is 4.79 Å². The van der Waals surface area contributed by atoms with E-state index in [-0.39, 0.29) is 5.91 Å². The fourth-order valence-electron chi connectivity index (χ4n) is 2.86. The van der Waals surface area contributed by atoms with Gasteiger partial charge < -0.3 is 10.1 Å². The average Bonchev–Trinajstić information content (AvgIpc) is 3.11. The number of benzene rings is 2. The van der Waals surface area contributed by atoms with E-state index in [0.29, 0.717) is 13.0 Å². The summed E-state index contributed by atoms with van der Waals surface area (Å²) in [6, 6.07) is 15.9. The number of hydrogen-bond donors (Lipinski definition) is 1. The third-order valence-corrected chi connectivity index (χ3v) is 4.17. The molecule has 5 heteroatoms. The topological polar surface area (TPSA) is 56.1 Å². The van der Waals surface area contributed by atoms with Gasteiger partial charge in [-0.25, -0.2) is 4.68 Å². The van der Waals surface area contributed by atoms with E-state index >= 15 is 0 Å². The quantitative estimate of drug-likeness (QED) is 0.713. The van der Waals surface area contributed by atoms with E-state index in [0.717, 1.165) is 29.0 Å². The molecule has 0 aliphatic rings. The van der Waals surface area contributed by atoms with E-state index < -0.39 is 0 Å². The normalized spacial score (nSPS) is 10.5. The molecule has 0 fully saturated rings. The molecule has 1 N–H and O–H groups in total. The van der Waals surface area contributed by atoms with Gasteiger partial charge in [-0.05, 0) is 42.7 Å². The molecule has 3 rings (SSSR count). The zero-order valence-electron chi connectivity index (χ0n) is 15.1. The molecule has 1 heterocycles. The van der Waals surface area contributed by atoms with Crippen molar-refractivity contribution < 1.29 is 9.53 Å². The van der Waals surface area contributed by atoms with Crippen molar-refractivity contribution >= 4 is 5.91 Å². The largest absolute Gasteiger partial charge is 0.496 e. The first kappa shape index (κ1) is 17.7. The summed E-state index contributed by atoms with van der Waals surface area (Å²) in [5, 5.41) is 7.29. The molecule has 26 heavy (non-hydrogen) atoms. The Morgan fingerprint density at radius 3 is 2.77 bits per heavy atom. The van der Waals surface area contributed by atoms with Crippen molar-refractivity contribution in [3.8, 4) is 11.4 Å². The molecule has 134 valence electrons. The number of hydrogen-bond acceptors (Lipinski definition) is 3. The highest BCUT2D eigenvalue weighted by molar-refractivity contribution is 5.78. The van der Waals surface area contributed by atoms with Crippen LogP contribution in [0.2, 0.25) is 0 Å². The highest BCUT2D eigenvalue weighted by Gasteiger charge is 2.08. The predicted molar refractivity (Wildman–Crippen MR) is 102 cm³/mol. The van der Waals surface area contributed by atoms with Gasteiger partial charge in [0.2, 0.25) is 5.91 Å². The zero-order chi connectivity index (χ0) is 18.4. The Balaban J connectivity index is 1.52. The molecule has 3 aromatic rings. The van der Waals surface area contributed by atoms with Crippen LogP contribution in [0.3, 0.4) is 0 Å². The van der Waals surface area contributed by atoms with Crippen LogP contribution in [0.25, 0.3) is 5.69 Å². The second-order valence-corrected chi connectivity index (χ2v) is 6.22. The Labute approximate surface area is 153 Å². The summed E-state index contributed by atoms with van der Waals surface area (Å²) >= 11 is 0. The molecule has 1 amide bonds. The number of carbonyl (C=O) groups is 1. The molecule has 0 atom stereocenters. The van der Waals surface area contributed by atoms with Gasteiger partial charge in [0.1, 0.15) is 5.75 Å². The highest BCUT2D eigenvalue weighted by Crippen LogP contribution is 2.19. The first-order chi connectivity index (χ1) is 12.7. The van der Waals surface area contributed by atoms with Crippen LogP contribution >= 0.6 is 0 Å². The summed E-state index contributed by atoms with van der Waals surface area (Å²) in [6.07, 6.45) is 4.67. The summed E-state index contributed by atoms with van der Waals surface area (Å²) in [4.78, 5) is 12.2. The maximum Gasteiger partial charge on any atom is 0.224 e. The summed E-state index contributed by atoms with van der Waals surface area (Å²) in [5.74, 6) is 0.846. The van der Waals surface area contributed by atoms with Crippen LogP contribution in [0, 0.1) is 6.92 Å². The van der Waals surface area contributed by atoms with Gasteiger partial charge in [-0.2, -0.15) is 5.10 Å².